The van der Waals surface area contributed by atoms with Crippen LogP contribution in [0.4, 0.5) is 10.1 Å². The summed E-state index contributed by atoms with van der Waals surface area (Å²) in [5.74, 6) is -1.71. The van der Waals surface area contributed by atoms with Crippen molar-refractivity contribution in [3.63, 3.8) is 0 Å². The SMILES string of the molecule is Cc1ncsc1CNc1ccc(C(=O)O)cc1F. The summed E-state index contributed by atoms with van der Waals surface area (Å²) in [5.41, 5.74) is 2.87. The number of carboxylic acid groups (broad SMARTS) is 1. The molecule has 6 heteroatoms. The summed E-state index contributed by atoms with van der Waals surface area (Å²) in [7, 11) is 0. The molecule has 1 heterocycles. The molecule has 2 rings (SSSR count). The third-order valence-corrected chi connectivity index (χ3v) is 3.44. The number of rotatable bonds is 4. The lowest BCUT2D eigenvalue weighted by Crippen LogP contribution is -2.03. The van der Waals surface area contributed by atoms with E-state index in [9.17, 15) is 9.18 Å². The molecule has 94 valence electrons. The molecule has 0 unspecified atom stereocenters. The molecule has 0 atom stereocenters. The van der Waals surface area contributed by atoms with E-state index in [0.29, 0.717) is 6.54 Å². The van der Waals surface area contributed by atoms with Crippen LogP contribution in [-0.2, 0) is 6.54 Å². The Morgan fingerprint density at radius 2 is 2.33 bits per heavy atom. The molecular formula is C12H11FN2O2S. The van der Waals surface area contributed by atoms with Crippen LogP contribution in [0.25, 0.3) is 0 Å². The molecule has 1 aromatic heterocycles. The first-order valence-corrected chi connectivity index (χ1v) is 6.11. The van der Waals surface area contributed by atoms with Crippen LogP contribution in [0.3, 0.4) is 0 Å². The van der Waals surface area contributed by atoms with Gasteiger partial charge < -0.3 is 10.4 Å². The van der Waals surface area contributed by atoms with Gasteiger partial charge in [-0.2, -0.15) is 0 Å². The molecule has 0 aliphatic rings. The van der Waals surface area contributed by atoms with Crippen LogP contribution in [0.2, 0.25) is 0 Å². The molecule has 18 heavy (non-hydrogen) atoms. The number of anilines is 1. The summed E-state index contributed by atoms with van der Waals surface area (Å²) in [6, 6.07) is 3.80. The zero-order valence-electron chi connectivity index (χ0n) is 9.61. The highest BCUT2D eigenvalue weighted by Crippen LogP contribution is 2.19. The fourth-order valence-corrected chi connectivity index (χ4v) is 2.18. The summed E-state index contributed by atoms with van der Waals surface area (Å²) in [5, 5.41) is 11.6. The minimum Gasteiger partial charge on any atom is -0.478 e. The third kappa shape index (κ3) is 2.65. The topological polar surface area (TPSA) is 62.2 Å². The van der Waals surface area contributed by atoms with Gasteiger partial charge in [0.2, 0.25) is 0 Å². The molecule has 4 nitrogen and oxygen atoms in total. The summed E-state index contributed by atoms with van der Waals surface area (Å²) in [6.45, 7) is 2.36. The maximum Gasteiger partial charge on any atom is 0.335 e. The minimum atomic E-state index is -1.14. The summed E-state index contributed by atoms with van der Waals surface area (Å²) in [4.78, 5) is 15.8. The first-order chi connectivity index (χ1) is 8.58. The second kappa shape index (κ2) is 5.14. The van der Waals surface area contributed by atoms with E-state index >= 15 is 0 Å². The second-order valence-corrected chi connectivity index (χ2v) is 4.65. The highest BCUT2D eigenvalue weighted by molar-refractivity contribution is 7.09. The van der Waals surface area contributed by atoms with Crippen molar-refractivity contribution in [1.82, 2.24) is 4.98 Å². The van der Waals surface area contributed by atoms with Crippen molar-refractivity contribution < 1.29 is 14.3 Å². The normalized spacial score (nSPS) is 10.3. The van der Waals surface area contributed by atoms with E-state index in [-0.39, 0.29) is 11.3 Å². The van der Waals surface area contributed by atoms with Crippen molar-refractivity contribution in [2.45, 2.75) is 13.5 Å². The van der Waals surface area contributed by atoms with Crippen molar-refractivity contribution in [2.75, 3.05) is 5.32 Å². The standard InChI is InChI=1S/C12H11FN2O2S/c1-7-11(18-6-15-7)5-14-10-3-2-8(12(16)17)4-9(10)13/h2-4,6,14H,5H2,1H3,(H,16,17). The van der Waals surface area contributed by atoms with Gasteiger partial charge in [-0.1, -0.05) is 0 Å². The quantitative estimate of drug-likeness (QED) is 0.893. The van der Waals surface area contributed by atoms with E-state index in [1.807, 2.05) is 6.92 Å². The molecule has 0 aliphatic heterocycles. The van der Waals surface area contributed by atoms with Crippen molar-refractivity contribution in [3.05, 3.63) is 45.7 Å². The number of aryl methyl sites for hydroxylation is 1. The van der Waals surface area contributed by atoms with Crippen LogP contribution in [0.15, 0.2) is 23.7 Å². The molecular weight excluding hydrogens is 255 g/mol. The monoisotopic (exact) mass is 266 g/mol. The zero-order chi connectivity index (χ0) is 13.1. The van der Waals surface area contributed by atoms with Crippen molar-refractivity contribution >= 4 is 23.0 Å². The number of nitrogens with one attached hydrogen (secondary N) is 1. The van der Waals surface area contributed by atoms with Gasteiger partial charge >= 0.3 is 5.97 Å². The molecule has 0 saturated heterocycles. The van der Waals surface area contributed by atoms with Gasteiger partial charge in [0.05, 0.1) is 29.0 Å². The molecule has 0 radical (unpaired) electrons. The smallest absolute Gasteiger partial charge is 0.335 e. The number of carbonyl (C=O) groups is 1. The highest BCUT2D eigenvalue weighted by atomic mass is 32.1. The van der Waals surface area contributed by atoms with E-state index < -0.39 is 11.8 Å². The summed E-state index contributed by atoms with van der Waals surface area (Å²) < 4.78 is 13.6. The fourth-order valence-electron chi connectivity index (χ4n) is 1.46. The number of thiazole rings is 1. The Balaban J connectivity index is 2.11. The predicted octanol–water partition coefficient (Wildman–Crippen LogP) is 2.90. The highest BCUT2D eigenvalue weighted by Gasteiger charge is 2.08. The van der Waals surface area contributed by atoms with Crippen molar-refractivity contribution in [3.8, 4) is 0 Å². The van der Waals surface area contributed by atoms with Crippen LogP contribution >= 0.6 is 11.3 Å². The molecule has 1 aromatic carbocycles. The molecule has 0 bridgehead atoms. The lowest BCUT2D eigenvalue weighted by atomic mass is 10.2. The lowest BCUT2D eigenvalue weighted by Gasteiger charge is -2.07. The molecule has 2 aromatic rings. The number of benzene rings is 1. The van der Waals surface area contributed by atoms with Gasteiger partial charge in [-0.15, -0.1) is 11.3 Å². The molecule has 0 aliphatic carbocycles. The average molecular weight is 266 g/mol. The third-order valence-electron chi connectivity index (χ3n) is 2.50. The van der Waals surface area contributed by atoms with Gasteiger partial charge in [0.1, 0.15) is 5.82 Å². The van der Waals surface area contributed by atoms with Crippen molar-refractivity contribution in [2.24, 2.45) is 0 Å². The Hall–Kier alpha value is -1.95. The fraction of sp³-hybridized carbons (Fsp3) is 0.167. The number of hydrogen-bond donors (Lipinski definition) is 2. The number of hydrogen-bond acceptors (Lipinski definition) is 4. The van der Waals surface area contributed by atoms with Gasteiger partial charge in [0.25, 0.3) is 0 Å². The number of aromatic nitrogens is 1. The van der Waals surface area contributed by atoms with E-state index in [2.05, 4.69) is 10.3 Å². The van der Waals surface area contributed by atoms with Crippen LogP contribution in [0, 0.1) is 12.7 Å². The van der Waals surface area contributed by atoms with Gasteiger partial charge in [-0.05, 0) is 25.1 Å². The molecule has 0 saturated carbocycles. The first-order valence-electron chi connectivity index (χ1n) is 5.23. The molecule has 0 fully saturated rings. The van der Waals surface area contributed by atoms with Crippen LogP contribution in [-0.4, -0.2) is 16.1 Å². The number of halogens is 1. The van der Waals surface area contributed by atoms with Crippen LogP contribution in [0.1, 0.15) is 20.9 Å². The lowest BCUT2D eigenvalue weighted by molar-refractivity contribution is 0.0696. The van der Waals surface area contributed by atoms with Gasteiger partial charge in [0, 0.05) is 4.88 Å². The van der Waals surface area contributed by atoms with Crippen LogP contribution < -0.4 is 5.32 Å². The Kier molecular flexibility index (Phi) is 3.57. The largest absolute Gasteiger partial charge is 0.478 e. The van der Waals surface area contributed by atoms with Crippen molar-refractivity contribution in [1.29, 1.82) is 0 Å². The van der Waals surface area contributed by atoms with Gasteiger partial charge in [0.15, 0.2) is 0 Å². The van der Waals surface area contributed by atoms with E-state index in [0.717, 1.165) is 16.6 Å². The molecule has 0 spiro atoms. The predicted molar refractivity (Wildman–Crippen MR) is 67.5 cm³/mol. The van der Waals surface area contributed by atoms with E-state index in [1.165, 1.54) is 23.5 Å². The van der Waals surface area contributed by atoms with Crippen LogP contribution in [0.5, 0.6) is 0 Å². The number of nitrogens with zero attached hydrogens (tertiary/aromatic N) is 1. The van der Waals surface area contributed by atoms with Gasteiger partial charge in [-0.3, -0.25) is 0 Å². The minimum absolute atomic E-state index is 0.0629. The average Bonchev–Trinajstić information content (AvgIpc) is 2.73. The Labute approximate surface area is 107 Å². The Bertz CT molecular complexity index is 583. The second-order valence-electron chi connectivity index (χ2n) is 3.71. The zero-order valence-corrected chi connectivity index (χ0v) is 10.4. The maximum atomic E-state index is 13.6. The Morgan fingerprint density at radius 3 is 2.89 bits per heavy atom. The van der Waals surface area contributed by atoms with E-state index in [1.54, 1.807) is 5.51 Å². The van der Waals surface area contributed by atoms with Gasteiger partial charge in [-0.25, -0.2) is 14.2 Å². The number of carboxylic acids is 1. The summed E-state index contributed by atoms with van der Waals surface area (Å²) >= 11 is 1.49. The summed E-state index contributed by atoms with van der Waals surface area (Å²) in [6.07, 6.45) is 0. The molecule has 0 amide bonds. The Morgan fingerprint density at radius 1 is 1.56 bits per heavy atom. The number of aromatic carboxylic acids is 1. The molecule has 2 N–H and O–H groups in total. The van der Waals surface area contributed by atoms with E-state index in [4.69, 9.17) is 5.11 Å². The first kappa shape index (κ1) is 12.5. The maximum absolute atomic E-state index is 13.6.